The molecule has 0 spiro atoms. The Morgan fingerprint density at radius 3 is 2.53 bits per heavy atom. The molecular weight excluding hydrogens is 266 g/mol. The van der Waals surface area contributed by atoms with Crippen LogP contribution in [0.1, 0.15) is 0 Å². The van der Waals surface area contributed by atoms with Crippen LogP contribution < -0.4 is 10.6 Å². The molecule has 6 nitrogen and oxygen atoms in total. The van der Waals surface area contributed by atoms with Gasteiger partial charge in [0.1, 0.15) is 0 Å². The lowest BCUT2D eigenvalue weighted by molar-refractivity contribution is 0.219. The lowest BCUT2D eigenvalue weighted by Crippen LogP contribution is -2.32. The fourth-order valence-corrected chi connectivity index (χ4v) is 2.51. The highest BCUT2D eigenvalue weighted by atomic mass is 32.2. The van der Waals surface area contributed by atoms with Gasteiger partial charge in [0.15, 0.2) is 9.84 Å². The van der Waals surface area contributed by atoms with Gasteiger partial charge in [-0.15, -0.1) is 0 Å². The SMILES string of the molecule is CS(=O)(=O)c1ccc(NCCN2CCNC2=O)cc1. The van der Waals surface area contributed by atoms with Crippen molar-refractivity contribution in [2.45, 2.75) is 4.90 Å². The lowest BCUT2D eigenvalue weighted by atomic mass is 10.3. The van der Waals surface area contributed by atoms with Crippen LogP contribution >= 0.6 is 0 Å². The highest BCUT2D eigenvalue weighted by Gasteiger charge is 2.18. The summed E-state index contributed by atoms with van der Waals surface area (Å²) in [6.45, 7) is 2.68. The third-order valence-electron chi connectivity index (χ3n) is 2.94. The van der Waals surface area contributed by atoms with Crippen LogP contribution in [0.4, 0.5) is 10.5 Å². The van der Waals surface area contributed by atoms with E-state index >= 15 is 0 Å². The van der Waals surface area contributed by atoms with E-state index in [2.05, 4.69) is 10.6 Å². The third-order valence-corrected chi connectivity index (χ3v) is 4.07. The molecule has 0 atom stereocenters. The van der Waals surface area contributed by atoms with Crippen molar-refractivity contribution in [1.82, 2.24) is 10.2 Å². The minimum Gasteiger partial charge on any atom is -0.383 e. The molecule has 0 bridgehead atoms. The number of benzene rings is 1. The molecule has 19 heavy (non-hydrogen) atoms. The van der Waals surface area contributed by atoms with E-state index in [1.54, 1.807) is 29.2 Å². The molecular formula is C12H17N3O3S. The number of carbonyl (C=O) groups is 1. The van der Waals surface area contributed by atoms with Crippen molar-refractivity contribution in [2.75, 3.05) is 37.8 Å². The minimum absolute atomic E-state index is 0.0331. The number of sulfone groups is 1. The number of hydrogen-bond acceptors (Lipinski definition) is 4. The first kappa shape index (κ1) is 13.7. The number of urea groups is 1. The Morgan fingerprint density at radius 1 is 1.32 bits per heavy atom. The van der Waals surface area contributed by atoms with Gasteiger partial charge in [-0.1, -0.05) is 0 Å². The van der Waals surface area contributed by atoms with Gasteiger partial charge < -0.3 is 15.5 Å². The van der Waals surface area contributed by atoms with Crippen LogP contribution in [0.2, 0.25) is 0 Å². The Balaban J connectivity index is 1.85. The number of rotatable bonds is 5. The number of hydrogen-bond donors (Lipinski definition) is 2. The fraction of sp³-hybridized carbons (Fsp3) is 0.417. The van der Waals surface area contributed by atoms with E-state index in [1.165, 1.54) is 6.26 Å². The van der Waals surface area contributed by atoms with Crippen LogP contribution in [-0.2, 0) is 9.84 Å². The standard InChI is InChI=1S/C12H17N3O3S/c1-19(17,18)11-4-2-10(3-5-11)13-6-8-15-9-7-14-12(15)16/h2-5,13H,6-9H2,1H3,(H,14,16). The van der Waals surface area contributed by atoms with Gasteiger partial charge in [-0.05, 0) is 24.3 Å². The molecule has 1 fully saturated rings. The minimum atomic E-state index is -3.15. The predicted molar refractivity (Wildman–Crippen MR) is 73.0 cm³/mol. The van der Waals surface area contributed by atoms with Gasteiger partial charge in [0.2, 0.25) is 0 Å². The second-order valence-electron chi connectivity index (χ2n) is 4.44. The molecule has 0 saturated carbocycles. The van der Waals surface area contributed by atoms with Gasteiger partial charge in [-0.2, -0.15) is 0 Å². The molecule has 2 N–H and O–H groups in total. The molecule has 0 aromatic heterocycles. The molecule has 0 aliphatic carbocycles. The molecule has 0 unspecified atom stereocenters. The Bertz CT molecular complexity index is 554. The number of nitrogens with zero attached hydrogens (tertiary/aromatic N) is 1. The maximum Gasteiger partial charge on any atom is 0.317 e. The molecule has 1 aromatic carbocycles. The Kier molecular flexibility index (Phi) is 3.94. The highest BCUT2D eigenvalue weighted by molar-refractivity contribution is 7.90. The van der Waals surface area contributed by atoms with Gasteiger partial charge in [-0.3, -0.25) is 0 Å². The van der Waals surface area contributed by atoms with Crippen molar-refractivity contribution in [1.29, 1.82) is 0 Å². The summed E-state index contributed by atoms with van der Waals surface area (Å²) in [5.41, 5.74) is 0.840. The van der Waals surface area contributed by atoms with Crippen molar-refractivity contribution in [2.24, 2.45) is 0 Å². The molecule has 1 aromatic rings. The molecule has 104 valence electrons. The van der Waals surface area contributed by atoms with Crippen molar-refractivity contribution >= 4 is 21.6 Å². The van der Waals surface area contributed by atoms with E-state index in [0.717, 1.165) is 12.2 Å². The Morgan fingerprint density at radius 2 is 2.00 bits per heavy atom. The van der Waals surface area contributed by atoms with E-state index in [0.29, 0.717) is 24.5 Å². The topological polar surface area (TPSA) is 78.5 Å². The molecule has 2 amide bonds. The van der Waals surface area contributed by atoms with E-state index in [4.69, 9.17) is 0 Å². The largest absolute Gasteiger partial charge is 0.383 e. The summed E-state index contributed by atoms with van der Waals surface area (Å²) in [7, 11) is -3.15. The Labute approximate surface area is 112 Å². The maximum atomic E-state index is 11.3. The van der Waals surface area contributed by atoms with Crippen LogP contribution in [-0.4, -0.2) is 51.8 Å². The van der Waals surface area contributed by atoms with Crippen LogP contribution in [0, 0.1) is 0 Å². The second kappa shape index (κ2) is 5.48. The monoisotopic (exact) mass is 283 g/mol. The number of nitrogens with one attached hydrogen (secondary N) is 2. The smallest absolute Gasteiger partial charge is 0.317 e. The molecule has 1 saturated heterocycles. The molecule has 1 heterocycles. The highest BCUT2D eigenvalue weighted by Crippen LogP contribution is 2.13. The summed E-state index contributed by atoms with van der Waals surface area (Å²) in [5, 5.41) is 5.89. The average Bonchev–Trinajstić information content (AvgIpc) is 2.75. The van der Waals surface area contributed by atoms with Crippen molar-refractivity contribution in [3.8, 4) is 0 Å². The van der Waals surface area contributed by atoms with E-state index < -0.39 is 9.84 Å². The molecule has 1 aliphatic heterocycles. The predicted octanol–water partition coefficient (Wildman–Crippen LogP) is 0.527. The fourth-order valence-electron chi connectivity index (χ4n) is 1.88. The summed E-state index contributed by atoms with van der Waals surface area (Å²) in [6, 6.07) is 6.55. The molecule has 7 heteroatoms. The Hall–Kier alpha value is -1.76. The van der Waals surface area contributed by atoms with Gasteiger partial charge in [0.25, 0.3) is 0 Å². The molecule has 0 radical (unpaired) electrons. The average molecular weight is 283 g/mol. The first-order valence-electron chi connectivity index (χ1n) is 6.03. The zero-order valence-electron chi connectivity index (χ0n) is 10.7. The van der Waals surface area contributed by atoms with Gasteiger partial charge in [-0.25, -0.2) is 13.2 Å². The third kappa shape index (κ3) is 3.60. The van der Waals surface area contributed by atoms with E-state index in [9.17, 15) is 13.2 Å². The van der Waals surface area contributed by atoms with Gasteiger partial charge >= 0.3 is 6.03 Å². The van der Waals surface area contributed by atoms with Crippen LogP contribution in [0.3, 0.4) is 0 Å². The first-order valence-corrected chi connectivity index (χ1v) is 7.93. The molecule has 1 aliphatic rings. The van der Waals surface area contributed by atoms with Gasteiger partial charge in [0.05, 0.1) is 4.90 Å². The van der Waals surface area contributed by atoms with Crippen LogP contribution in [0.25, 0.3) is 0 Å². The zero-order chi connectivity index (χ0) is 13.9. The number of amides is 2. The summed E-state index contributed by atoms with van der Waals surface area (Å²) >= 11 is 0. The zero-order valence-corrected chi connectivity index (χ0v) is 11.5. The van der Waals surface area contributed by atoms with E-state index in [1.807, 2.05) is 0 Å². The van der Waals surface area contributed by atoms with Gasteiger partial charge in [0, 0.05) is 38.1 Å². The van der Waals surface area contributed by atoms with Crippen LogP contribution in [0.5, 0.6) is 0 Å². The first-order chi connectivity index (χ1) is 8.97. The quantitative estimate of drug-likeness (QED) is 0.826. The van der Waals surface area contributed by atoms with Crippen molar-refractivity contribution in [3.05, 3.63) is 24.3 Å². The second-order valence-corrected chi connectivity index (χ2v) is 6.46. The van der Waals surface area contributed by atoms with Crippen LogP contribution in [0.15, 0.2) is 29.2 Å². The summed E-state index contributed by atoms with van der Waals surface area (Å²) in [6.07, 6.45) is 1.18. The van der Waals surface area contributed by atoms with E-state index in [-0.39, 0.29) is 6.03 Å². The van der Waals surface area contributed by atoms with Crippen molar-refractivity contribution in [3.63, 3.8) is 0 Å². The maximum absolute atomic E-state index is 11.3. The number of anilines is 1. The summed E-state index contributed by atoms with van der Waals surface area (Å²) in [5.74, 6) is 0. The summed E-state index contributed by atoms with van der Waals surface area (Å²) in [4.78, 5) is 13.3. The number of carbonyl (C=O) groups excluding carboxylic acids is 1. The summed E-state index contributed by atoms with van der Waals surface area (Å²) < 4.78 is 22.6. The lowest BCUT2D eigenvalue weighted by Gasteiger charge is -2.15. The molecule has 2 rings (SSSR count). The normalized spacial score (nSPS) is 15.4. The van der Waals surface area contributed by atoms with Crippen molar-refractivity contribution < 1.29 is 13.2 Å².